The summed E-state index contributed by atoms with van der Waals surface area (Å²) in [6.45, 7) is 0. The van der Waals surface area contributed by atoms with Gasteiger partial charge < -0.3 is 11.5 Å². The third kappa shape index (κ3) is 1.65. The highest BCUT2D eigenvalue weighted by Crippen LogP contribution is 2.28. The summed E-state index contributed by atoms with van der Waals surface area (Å²) in [5, 5.41) is 0. The highest BCUT2D eigenvalue weighted by Gasteiger charge is 2.20. The summed E-state index contributed by atoms with van der Waals surface area (Å²) in [6, 6.07) is 0.318. The molecule has 2 rings (SSSR count). The van der Waals surface area contributed by atoms with Crippen LogP contribution in [0.4, 0.5) is 0 Å². The van der Waals surface area contributed by atoms with E-state index >= 15 is 0 Å². The zero-order chi connectivity index (χ0) is 9.26. The number of amidine groups is 1. The summed E-state index contributed by atoms with van der Waals surface area (Å²) in [5.74, 6) is 0.690. The lowest BCUT2D eigenvalue weighted by Gasteiger charge is -2.23. The molecule has 1 aliphatic heterocycles. The number of hydrogen-bond acceptors (Lipinski definition) is 3. The van der Waals surface area contributed by atoms with E-state index in [4.69, 9.17) is 11.5 Å². The van der Waals surface area contributed by atoms with Crippen LogP contribution in [-0.2, 0) is 0 Å². The Labute approximate surface area is 78.2 Å². The molecule has 0 saturated heterocycles. The third-order valence-corrected chi connectivity index (χ3v) is 2.69. The fraction of sp³-hybridized carbons (Fsp3) is 0.500. The lowest BCUT2D eigenvalue weighted by molar-refractivity contribution is 0.573. The topological polar surface area (TPSA) is 64.4 Å². The molecule has 1 atom stereocenters. The maximum Gasteiger partial charge on any atom is 0.126 e. The molecule has 1 unspecified atom stereocenters. The van der Waals surface area contributed by atoms with Crippen molar-refractivity contribution in [1.82, 2.24) is 0 Å². The van der Waals surface area contributed by atoms with Crippen molar-refractivity contribution in [3.63, 3.8) is 0 Å². The standard InChI is InChI=1S/C10H15N3/c11-8-3-4-9-7(6-8)2-1-5-13-10(9)12/h1,5,8H,2-4,6,11H2,(H2,12,13). The fourth-order valence-corrected chi connectivity index (χ4v) is 1.97. The largest absolute Gasteiger partial charge is 0.383 e. The summed E-state index contributed by atoms with van der Waals surface area (Å²) in [4.78, 5) is 4.15. The second-order valence-electron chi connectivity index (χ2n) is 3.69. The summed E-state index contributed by atoms with van der Waals surface area (Å²) < 4.78 is 0. The molecule has 0 radical (unpaired) electrons. The quantitative estimate of drug-likeness (QED) is 0.581. The fourth-order valence-electron chi connectivity index (χ4n) is 1.97. The molecule has 4 N–H and O–H groups in total. The van der Waals surface area contributed by atoms with Crippen molar-refractivity contribution in [2.45, 2.75) is 31.7 Å². The van der Waals surface area contributed by atoms with Crippen LogP contribution in [0.15, 0.2) is 28.4 Å². The number of nitrogens with two attached hydrogens (primary N) is 2. The Hall–Kier alpha value is -1.09. The van der Waals surface area contributed by atoms with Gasteiger partial charge in [-0.25, -0.2) is 4.99 Å². The predicted octanol–water partition coefficient (Wildman–Crippen LogP) is 1.07. The van der Waals surface area contributed by atoms with Crippen LogP contribution in [0.2, 0.25) is 0 Å². The van der Waals surface area contributed by atoms with E-state index in [1.54, 1.807) is 6.20 Å². The Morgan fingerprint density at radius 2 is 2.31 bits per heavy atom. The van der Waals surface area contributed by atoms with Gasteiger partial charge in [-0.15, -0.1) is 0 Å². The number of hydrogen-bond donors (Lipinski definition) is 2. The van der Waals surface area contributed by atoms with Crippen molar-refractivity contribution in [2.24, 2.45) is 16.5 Å². The molecule has 2 aliphatic rings. The van der Waals surface area contributed by atoms with Crippen LogP contribution < -0.4 is 11.5 Å². The molecular weight excluding hydrogens is 162 g/mol. The average Bonchev–Trinajstić information content (AvgIpc) is 2.28. The van der Waals surface area contributed by atoms with Crippen LogP contribution in [0.3, 0.4) is 0 Å². The van der Waals surface area contributed by atoms with Crippen LogP contribution in [0.5, 0.6) is 0 Å². The first-order valence-corrected chi connectivity index (χ1v) is 4.72. The maximum atomic E-state index is 5.90. The van der Waals surface area contributed by atoms with E-state index in [0.29, 0.717) is 11.9 Å². The Bertz CT molecular complexity index is 299. The van der Waals surface area contributed by atoms with Crippen LogP contribution in [-0.4, -0.2) is 11.9 Å². The van der Waals surface area contributed by atoms with Crippen LogP contribution in [0, 0.1) is 0 Å². The first-order chi connectivity index (χ1) is 6.27. The van der Waals surface area contributed by atoms with E-state index in [0.717, 1.165) is 25.7 Å². The van der Waals surface area contributed by atoms with E-state index < -0.39 is 0 Å². The smallest absolute Gasteiger partial charge is 0.126 e. The molecule has 0 aromatic carbocycles. The van der Waals surface area contributed by atoms with E-state index in [2.05, 4.69) is 4.99 Å². The Kier molecular flexibility index (Phi) is 2.19. The summed E-state index contributed by atoms with van der Waals surface area (Å²) in [5.41, 5.74) is 14.4. The van der Waals surface area contributed by atoms with Gasteiger partial charge in [0.2, 0.25) is 0 Å². The molecule has 70 valence electrons. The minimum atomic E-state index is 0.318. The first kappa shape index (κ1) is 8.51. The number of rotatable bonds is 0. The third-order valence-electron chi connectivity index (χ3n) is 2.69. The zero-order valence-electron chi connectivity index (χ0n) is 7.66. The van der Waals surface area contributed by atoms with Crippen molar-refractivity contribution in [1.29, 1.82) is 0 Å². The second-order valence-corrected chi connectivity index (χ2v) is 3.69. The van der Waals surface area contributed by atoms with Gasteiger partial charge in [-0.05, 0) is 31.3 Å². The van der Waals surface area contributed by atoms with E-state index in [1.165, 1.54) is 11.1 Å². The molecule has 0 amide bonds. The normalized spacial score (nSPS) is 28.1. The maximum absolute atomic E-state index is 5.90. The molecule has 0 aromatic rings. The van der Waals surface area contributed by atoms with Gasteiger partial charge in [0.25, 0.3) is 0 Å². The lowest BCUT2D eigenvalue weighted by Crippen LogP contribution is -2.28. The van der Waals surface area contributed by atoms with Crippen molar-refractivity contribution in [2.75, 3.05) is 0 Å². The molecule has 3 heteroatoms. The van der Waals surface area contributed by atoms with Gasteiger partial charge in [0.1, 0.15) is 5.84 Å². The van der Waals surface area contributed by atoms with E-state index in [9.17, 15) is 0 Å². The average molecular weight is 177 g/mol. The SMILES string of the molecule is NC1=NC=CCC2=C1CCC(N)C2. The zero-order valence-corrected chi connectivity index (χ0v) is 7.66. The summed E-state index contributed by atoms with van der Waals surface area (Å²) in [7, 11) is 0. The predicted molar refractivity (Wildman–Crippen MR) is 54.2 cm³/mol. The monoisotopic (exact) mass is 177 g/mol. The molecule has 0 spiro atoms. The molecule has 0 bridgehead atoms. The minimum Gasteiger partial charge on any atom is -0.383 e. The molecule has 0 saturated carbocycles. The Morgan fingerprint density at radius 3 is 3.15 bits per heavy atom. The Balaban J connectivity index is 2.32. The summed E-state index contributed by atoms with van der Waals surface area (Å²) in [6.07, 6.45) is 7.82. The van der Waals surface area contributed by atoms with E-state index in [1.807, 2.05) is 6.08 Å². The van der Waals surface area contributed by atoms with Gasteiger partial charge >= 0.3 is 0 Å². The van der Waals surface area contributed by atoms with Crippen LogP contribution >= 0.6 is 0 Å². The summed E-state index contributed by atoms with van der Waals surface area (Å²) >= 11 is 0. The molecule has 3 nitrogen and oxygen atoms in total. The highest BCUT2D eigenvalue weighted by atomic mass is 14.8. The minimum absolute atomic E-state index is 0.318. The van der Waals surface area contributed by atoms with Crippen LogP contribution in [0.1, 0.15) is 25.7 Å². The van der Waals surface area contributed by atoms with E-state index in [-0.39, 0.29) is 0 Å². The van der Waals surface area contributed by atoms with Gasteiger partial charge in [-0.3, -0.25) is 0 Å². The van der Waals surface area contributed by atoms with Crippen molar-refractivity contribution in [3.05, 3.63) is 23.4 Å². The first-order valence-electron chi connectivity index (χ1n) is 4.72. The molecular formula is C10H15N3. The van der Waals surface area contributed by atoms with Crippen molar-refractivity contribution >= 4 is 5.84 Å². The number of aliphatic imine (C=N–C) groups is 1. The molecule has 0 fully saturated rings. The highest BCUT2D eigenvalue weighted by molar-refractivity contribution is 5.98. The van der Waals surface area contributed by atoms with Crippen LogP contribution in [0.25, 0.3) is 0 Å². The Morgan fingerprint density at radius 1 is 1.46 bits per heavy atom. The molecule has 1 aliphatic carbocycles. The number of allylic oxidation sites excluding steroid dienone is 1. The van der Waals surface area contributed by atoms with Gasteiger partial charge in [-0.2, -0.15) is 0 Å². The molecule has 1 heterocycles. The number of nitrogens with zero attached hydrogens (tertiary/aromatic N) is 1. The second kappa shape index (κ2) is 3.34. The van der Waals surface area contributed by atoms with Gasteiger partial charge in [-0.1, -0.05) is 11.6 Å². The van der Waals surface area contributed by atoms with Gasteiger partial charge in [0, 0.05) is 12.2 Å². The molecule has 13 heavy (non-hydrogen) atoms. The van der Waals surface area contributed by atoms with Gasteiger partial charge in [0.15, 0.2) is 0 Å². The van der Waals surface area contributed by atoms with Crippen molar-refractivity contribution in [3.8, 4) is 0 Å². The van der Waals surface area contributed by atoms with Gasteiger partial charge in [0.05, 0.1) is 0 Å². The molecule has 0 aromatic heterocycles. The lowest BCUT2D eigenvalue weighted by atomic mass is 9.87. The van der Waals surface area contributed by atoms with Crippen molar-refractivity contribution < 1.29 is 0 Å².